The molecular weight excluding hydrogens is 390 g/mol. The molecule has 0 aliphatic carbocycles. The van der Waals surface area contributed by atoms with Crippen molar-refractivity contribution in [2.45, 2.75) is 45.9 Å². The third-order valence-corrected chi connectivity index (χ3v) is 5.77. The number of aromatic nitrogens is 1. The molecule has 1 saturated heterocycles. The molecule has 1 atom stereocenters. The minimum absolute atomic E-state index is 0.00593. The van der Waals surface area contributed by atoms with Crippen molar-refractivity contribution in [2.75, 3.05) is 13.2 Å². The number of rotatable bonds is 6. The van der Waals surface area contributed by atoms with Crippen molar-refractivity contribution < 1.29 is 9.53 Å². The normalized spacial score (nSPS) is 15.9. The van der Waals surface area contributed by atoms with Crippen LogP contribution in [0.1, 0.15) is 35.1 Å². The summed E-state index contributed by atoms with van der Waals surface area (Å²) in [6, 6.07) is 15.6. The van der Waals surface area contributed by atoms with Crippen LogP contribution in [-0.2, 0) is 17.8 Å². The van der Waals surface area contributed by atoms with Gasteiger partial charge in [-0.05, 0) is 55.5 Å². The number of fused-ring (bicyclic) bond motifs is 1. The zero-order valence-corrected chi connectivity index (χ0v) is 18.1. The Balaban J connectivity index is 1.57. The predicted octanol–water partition coefficient (Wildman–Crippen LogP) is 4.04. The van der Waals surface area contributed by atoms with E-state index in [2.05, 4.69) is 16.4 Å². The summed E-state index contributed by atoms with van der Waals surface area (Å²) in [7, 11) is 0. The Labute approximate surface area is 182 Å². The van der Waals surface area contributed by atoms with E-state index in [4.69, 9.17) is 4.74 Å². The van der Waals surface area contributed by atoms with Crippen LogP contribution in [0.5, 0.6) is 0 Å². The maximum absolute atomic E-state index is 13.0. The summed E-state index contributed by atoms with van der Waals surface area (Å²) >= 11 is 0. The summed E-state index contributed by atoms with van der Waals surface area (Å²) in [4.78, 5) is 30.5. The number of pyridine rings is 1. The molecule has 1 aromatic heterocycles. The summed E-state index contributed by atoms with van der Waals surface area (Å²) in [5.41, 5.74) is 4.48. The van der Waals surface area contributed by atoms with Crippen LogP contribution in [0.25, 0.3) is 10.9 Å². The number of urea groups is 1. The number of amides is 2. The van der Waals surface area contributed by atoms with Crippen molar-refractivity contribution in [1.82, 2.24) is 15.2 Å². The second-order valence-corrected chi connectivity index (χ2v) is 8.33. The Morgan fingerprint density at radius 3 is 2.74 bits per heavy atom. The molecule has 6 nitrogen and oxygen atoms in total. The first-order valence-electron chi connectivity index (χ1n) is 10.8. The Morgan fingerprint density at radius 2 is 2.00 bits per heavy atom. The van der Waals surface area contributed by atoms with Gasteiger partial charge in [-0.1, -0.05) is 36.4 Å². The van der Waals surface area contributed by atoms with Crippen LogP contribution in [0.3, 0.4) is 0 Å². The molecule has 0 saturated carbocycles. The predicted molar refractivity (Wildman–Crippen MR) is 122 cm³/mol. The number of carbonyl (C=O) groups excluding carboxylic acids is 1. The Morgan fingerprint density at radius 1 is 1.19 bits per heavy atom. The summed E-state index contributed by atoms with van der Waals surface area (Å²) in [5, 5.41) is 3.99. The molecule has 3 aromatic rings. The fraction of sp³-hybridized carbons (Fsp3) is 0.360. The number of ether oxygens (including phenoxy) is 1. The number of H-pyrrole nitrogens is 1. The van der Waals surface area contributed by atoms with Crippen LogP contribution in [0, 0.1) is 13.8 Å². The average molecular weight is 420 g/mol. The average Bonchev–Trinajstić information content (AvgIpc) is 3.26. The topological polar surface area (TPSA) is 74.4 Å². The van der Waals surface area contributed by atoms with Crippen molar-refractivity contribution in [3.8, 4) is 0 Å². The number of nitrogens with one attached hydrogen (secondary N) is 2. The van der Waals surface area contributed by atoms with Gasteiger partial charge in [-0.2, -0.15) is 0 Å². The van der Waals surface area contributed by atoms with E-state index in [0.717, 1.165) is 47.0 Å². The van der Waals surface area contributed by atoms with Crippen LogP contribution >= 0.6 is 0 Å². The van der Waals surface area contributed by atoms with Crippen LogP contribution < -0.4 is 10.9 Å². The number of nitrogens with zero attached hydrogens (tertiary/aromatic N) is 1. The summed E-state index contributed by atoms with van der Waals surface area (Å²) < 4.78 is 5.76. The molecule has 162 valence electrons. The highest BCUT2D eigenvalue weighted by Gasteiger charge is 2.23. The highest BCUT2D eigenvalue weighted by Crippen LogP contribution is 2.20. The quantitative estimate of drug-likeness (QED) is 0.633. The molecule has 1 fully saturated rings. The van der Waals surface area contributed by atoms with E-state index < -0.39 is 0 Å². The lowest BCUT2D eigenvalue weighted by Gasteiger charge is -2.26. The van der Waals surface area contributed by atoms with Gasteiger partial charge in [0.2, 0.25) is 0 Å². The zero-order valence-electron chi connectivity index (χ0n) is 18.1. The SMILES string of the molecule is Cc1cc(C)c2cc(CN(C[C@@H]3CCCO3)C(=O)NCc3ccccc3)c(=O)[nH]c2c1. The molecule has 2 aromatic carbocycles. The van der Waals surface area contributed by atoms with Crippen LogP contribution in [-0.4, -0.2) is 35.2 Å². The van der Waals surface area contributed by atoms with Gasteiger partial charge in [-0.3, -0.25) is 4.79 Å². The molecule has 6 heteroatoms. The minimum Gasteiger partial charge on any atom is -0.376 e. The molecule has 0 bridgehead atoms. The number of aryl methyl sites for hydroxylation is 2. The third kappa shape index (κ3) is 5.14. The lowest BCUT2D eigenvalue weighted by Crippen LogP contribution is -2.43. The lowest BCUT2D eigenvalue weighted by atomic mass is 10.0. The highest BCUT2D eigenvalue weighted by atomic mass is 16.5. The summed E-state index contributed by atoms with van der Waals surface area (Å²) in [5.74, 6) is 0. The standard InChI is InChI=1S/C25H29N3O3/c1-17-11-18(2)22-13-20(24(29)27-23(22)12-17)15-28(16-21-9-6-10-31-21)25(30)26-14-19-7-4-3-5-8-19/h3-5,7-8,11-13,21H,6,9-10,14-16H2,1-2H3,(H,26,30)(H,27,29)/t21-/m0/s1. The summed E-state index contributed by atoms with van der Waals surface area (Å²) in [6.45, 7) is 5.91. The van der Waals surface area contributed by atoms with Gasteiger partial charge in [-0.25, -0.2) is 4.79 Å². The van der Waals surface area contributed by atoms with Gasteiger partial charge in [-0.15, -0.1) is 0 Å². The highest BCUT2D eigenvalue weighted by molar-refractivity contribution is 5.83. The van der Waals surface area contributed by atoms with Crippen LogP contribution in [0.15, 0.2) is 53.3 Å². The molecule has 0 unspecified atom stereocenters. The first kappa shape index (κ1) is 21.1. The molecule has 2 heterocycles. The largest absolute Gasteiger partial charge is 0.376 e. The summed E-state index contributed by atoms with van der Waals surface area (Å²) in [6.07, 6.45) is 1.93. The molecule has 4 rings (SSSR count). The fourth-order valence-corrected chi connectivity index (χ4v) is 4.18. The lowest BCUT2D eigenvalue weighted by molar-refractivity contribution is 0.0793. The molecule has 0 spiro atoms. The molecule has 2 amide bonds. The Kier molecular flexibility index (Phi) is 6.37. The van der Waals surface area contributed by atoms with Gasteiger partial charge >= 0.3 is 6.03 Å². The van der Waals surface area contributed by atoms with Crippen molar-refractivity contribution in [3.63, 3.8) is 0 Å². The zero-order chi connectivity index (χ0) is 21.8. The van der Waals surface area contributed by atoms with Crippen LogP contribution in [0.4, 0.5) is 4.79 Å². The second kappa shape index (κ2) is 9.35. The molecule has 31 heavy (non-hydrogen) atoms. The van der Waals surface area contributed by atoms with E-state index in [1.54, 1.807) is 4.90 Å². The van der Waals surface area contributed by atoms with Gasteiger partial charge < -0.3 is 19.9 Å². The van der Waals surface area contributed by atoms with Crippen molar-refractivity contribution in [2.24, 2.45) is 0 Å². The molecular formula is C25H29N3O3. The van der Waals surface area contributed by atoms with E-state index in [1.807, 2.05) is 56.3 Å². The van der Waals surface area contributed by atoms with Gasteiger partial charge in [0.15, 0.2) is 0 Å². The number of benzene rings is 2. The van der Waals surface area contributed by atoms with E-state index in [9.17, 15) is 9.59 Å². The van der Waals surface area contributed by atoms with E-state index in [0.29, 0.717) is 18.7 Å². The van der Waals surface area contributed by atoms with Gasteiger partial charge in [0.25, 0.3) is 5.56 Å². The molecule has 0 radical (unpaired) electrons. The van der Waals surface area contributed by atoms with Crippen molar-refractivity contribution in [3.05, 3.63) is 81.1 Å². The fourth-order valence-electron chi connectivity index (χ4n) is 4.18. The van der Waals surface area contributed by atoms with E-state index in [1.165, 1.54) is 0 Å². The van der Waals surface area contributed by atoms with Gasteiger partial charge in [0.1, 0.15) is 0 Å². The van der Waals surface area contributed by atoms with Gasteiger partial charge in [0, 0.05) is 36.2 Å². The molecule has 2 N–H and O–H groups in total. The Bertz CT molecular complexity index is 1120. The second-order valence-electron chi connectivity index (χ2n) is 8.33. The van der Waals surface area contributed by atoms with Gasteiger partial charge in [0.05, 0.1) is 12.6 Å². The number of hydrogen-bond donors (Lipinski definition) is 2. The number of hydrogen-bond acceptors (Lipinski definition) is 3. The first-order chi connectivity index (χ1) is 15.0. The van der Waals surface area contributed by atoms with Crippen molar-refractivity contribution in [1.29, 1.82) is 0 Å². The number of aromatic amines is 1. The number of carbonyl (C=O) groups is 1. The molecule has 1 aliphatic heterocycles. The first-order valence-corrected chi connectivity index (χ1v) is 10.8. The van der Waals surface area contributed by atoms with Crippen LogP contribution in [0.2, 0.25) is 0 Å². The third-order valence-electron chi connectivity index (χ3n) is 5.77. The minimum atomic E-state index is -0.195. The maximum Gasteiger partial charge on any atom is 0.318 e. The molecule has 1 aliphatic rings. The Hall–Kier alpha value is -3.12. The van der Waals surface area contributed by atoms with E-state index >= 15 is 0 Å². The monoisotopic (exact) mass is 419 g/mol. The van der Waals surface area contributed by atoms with Crippen molar-refractivity contribution >= 4 is 16.9 Å². The van der Waals surface area contributed by atoms with E-state index in [-0.39, 0.29) is 24.2 Å². The smallest absolute Gasteiger partial charge is 0.318 e. The maximum atomic E-state index is 13.0.